The van der Waals surface area contributed by atoms with Crippen LogP contribution in [0.1, 0.15) is 30.2 Å². The summed E-state index contributed by atoms with van der Waals surface area (Å²) in [6.45, 7) is 2.60. The lowest BCUT2D eigenvalue weighted by Gasteiger charge is -2.27. The van der Waals surface area contributed by atoms with E-state index in [1.165, 1.54) is 0 Å². The molecule has 0 fully saturated rings. The molecule has 0 saturated carbocycles. The normalized spacial score (nSPS) is 25.0. The molecule has 0 saturated heterocycles. The van der Waals surface area contributed by atoms with E-state index in [2.05, 4.69) is 5.32 Å². The van der Waals surface area contributed by atoms with Gasteiger partial charge in [-0.1, -0.05) is 6.07 Å². The van der Waals surface area contributed by atoms with Gasteiger partial charge < -0.3 is 15.5 Å². The molecule has 3 nitrogen and oxygen atoms in total. The molecule has 0 radical (unpaired) electrons. The zero-order valence-electron chi connectivity index (χ0n) is 7.90. The van der Waals surface area contributed by atoms with E-state index in [0.29, 0.717) is 6.54 Å². The van der Waals surface area contributed by atoms with Crippen molar-refractivity contribution in [1.29, 1.82) is 0 Å². The van der Waals surface area contributed by atoms with E-state index in [0.717, 1.165) is 11.1 Å². The number of aliphatic hydroxyl groups is 1. The van der Waals surface area contributed by atoms with Crippen molar-refractivity contribution in [2.75, 3.05) is 6.54 Å². The van der Waals surface area contributed by atoms with Crippen molar-refractivity contribution in [3.05, 3.63) is 29.3 Å². The van der Waals surface area contributed by atoms with Crippen LogP contribution in [0.5, 0.6) is 5.75 Å². The molecule has 0 aromatic heterocycles. The fourth-order valence-electron chi connectivity index (χ4n) is 1.75. The van der Waals surface area contributed by atoms with Crippen LogP contribution >= 0.6 is 12.4 Å². The lowest BCUT2D eigenvalue weighted by atomic mass is 9.93. The van der Waals surface area contributed by atoms with E-state index in [1.807, 2.05) is 13.0 Å². The zero-order chi connectivity index (χ0) is 9.42. The number of hydrogen-bond donors (Lipinski definition) is 3. The first kappa shape index (κ1) is 11.3. The van der Waals surface area contributed by atoms with Gasteiger partial charge in [0.05, 0.1) is 6.10 Å². The Kier molecular flexibility index (Phi) is 3.37. The predicted octanol–water partition coefficient (Wildman–Crippen LogP) is 1.51. The van der Waals surface area contributed by atoms with E-state index in [4.69, 9.17) is 0 Å². The second-order valence-corrected chi connectivity index (χ2v) is 3.46. The number of fused-ring (bicyclic) bond motifs is 1. The summed E-state index contributed by atoms with van der Waals surface area (Å²) in [4.78, 5) is 0. The predicted molar refractivity (Wildman–Crippen MR) is 56.7 cm³/mol. The highest BCUT2D eigenvalue weighted by atomic mass is 35.5. The Bertz CT molecular complexity index is 330. The lowest BCUT2D eigenvalue weighted by Crippen LogP contribution is -2.31. The van der Waals surface area contributed by atoms with Gasteiger partial charge in [-0.2, -0.15) is 0 Å². The van der Waals surface area contributed by atoms with E-state index >= 15 is 0 Å². The maximum absolute atomic E-state index is 9.63. The van der Waals surface area contributed by atoms with Crippen molar-refractivity contribution < 1.29 is 10.2 Å². The van der Waals surface area contributed by atoms with Crippen LogP contribution < -0.4 is 5.32 Å². The number of phenolic OH excluding ortho intramolecular Hbond substituents is 1. The quantitative estimate of drug-likeness (QED) is 0.615. The minimum Gasteiger partial charge on any atom is -0.508 e. The largest absolute Gasteiger partial charge is 0.508 e. The van der Waals surface area contributed by atoms with E-state index in [9.17, 15) is 10.2 Å². The van der Waals surface area contributed by atoms with Gasteiger partial charge in [0, 0.05) is 12.6 Å². The molecule has 1 aromatic rings. The average molecular weight is 216 g/mol. The van der Waals surface area contributed by atoms with Crippen LogP contribution in [0.25, 0.3) is 0 Å². The summed E-state index contributed by atoms with van der Waals surface area (Å²) in [6.07, 6.45) is -0.502. The van der Waals surface area contributed by atoms with E-state index < -0.39 is 6.10 Å². The Balaban J connectivity index is 0.000000980. The molecule has 3 N–H and O–H groups in total. The molecule has 1 aliphatic rings. The molecule has 2 unspecified atom stereocenters. The van der Waals surface area contributed by atoms with Crippen LogP contribution in [-0.4, -0.2) is 16.8 Å². The number of aliphatic hydroxyl groups excluding tert-OH is 1. The molecule has 0 aliphatic carbocycles. The van der Waals surface area contributed by atoms with Crippen molar-refractivity contribution in [2.45, 2.75) is 19.1 Å². The topological polar surface area (TPSA) is 52.5 Å². The van der Waals surface area contributed by atoms with Gasteiger partial charge in [-0.15, -0.1) is 12.4 Å². The van der Waals surface area contributed by atoms with Crippen molar-refractivity contribution in [3.8, 4) is 5.75 Å². The molecular weight excluding hydrogens is 202 g/mol. The summed E-state index contributed by atoms with van der Waals surface area (Å²) in [6, 6.07) is 5.39. The van der Waals surface area contributed by atoms with Gasteiger partial charge in [0.2, 0.25) is 0 Å². The Morgan fingerprint density at radius 3 is 2.79 bits per heavy atom. The van der Waals surface area contributed by atoms with E-state index in [1.54, 1.807) is 12.1 Å². The van der Waals surface area contributed by atoms with Crippen LogP contribution in [0, 0.1) is 0 Å². The molecule has 0 spiro atoms. The average Bonchev–Trinajstić information content (AvgIpc) is 2.12. The van der Waals surface area contributed by atoms with Crippen LogP contribution in [0.2, 0.25) is 0 Å². The fourth-order valence-corrected chi connectivity index (χ4v) is 1.75. The van der Waals surface area contributed by atoms with Gasteiger partial charge >= 0.3 is 0 Å². The number of halogens is 1. The fraction of sp³-hybridized carbons (Fsp3) is 0.400. The number of hydrogen-bond acceptors (Lipinski definition) is 3. The molecule has 1 aromatic carbocycles. The summed E-state index contributed by atoms with van der Waals surface area (Å²) in [5, 5.41) is 22.1. The highest BCUT2D eigenvalue weighted by Gasteiger charge is 2.22. The molecule has 2 atom stereocenters. The summed E-state index contributed by atoms with van der Waals surface area (Å²) >= 11 is 0. The Morgan fingerprint density at radius 2 is 2.07 bits per heavy atom. The SMILES string of the molecule is CC1NCC(O)c2cc(O)ccc21.Cl. The molecule has 1 heterocycles. The highest BCUT2D eigenvalue weighted by molar-refractivity contribution is 5.85. The van der Waals surface area contributed by atoms with Crippen molar-refractivity contribution in [1.82, 2.24) is 5.32 Å². The van der Waals surface area contributed by atoms with Crippen LogP contribution in [0.3, 0.4) is 0 Å². The summed E-state index contributed by atoms with van der Waals surface area (Å²) in [7, 11) is 0. The van der Waals surface area contributed by atoms with Crippen LogP contribution in [0.15, 0.2) is 18.2 Å². The molecule has 14 heavy (non-hydrogen) atoms. The van der Waals surface area contributed by atoms with Crippen molar-refractivity contribution >= 4 is 12.4 Å². The molecule has 0 bridgehead atoms. The third kappa shape index (κ3) is 1.85. The minimum absolute atomic E-state index is 0. The monoisotopic (exact) mass is 215 g/mol. The van der Waals surface area contributed by atoms with Gasteiger partial charge in [-0.25, -0.2) is 0 Å². The van der Waals surface area contributed by atoms with Gasteiger partial charge in [0.1, 0.15) is 5.75 Å². The second kappa shape index (κ2) is 4.17. The first-order valence-electron chi connectivity index (χ1n) is 4.43. The third-order valence-corrected chi connectivity index (χ3v) is 2.51. The van der Waals surface area contributed by atoms with Crippen LogP contribution in [0.4, 0.5) is 0 Å². The van der Waals surface area contributed by atoms with Gasteiger partial charge in [-0.05, 0) is 30.2 Å². The van der Waals surface area contributed by atoms with Crippen molar-refractivity contribution in [2.24, 2.45) is 0 Å². The summed E-state index contributed by atoms with van der Waals surface area (Å²) in [5.41, 5.74) is 1.91. The number of β-amino-alcohol motifs (C(OH)–C–C–N with tert-alkyl or cyclic N) is 1. The van der Waals surface area contributed by atoms with Gasteiger partial charge in [0.25, 0.3) is 0 Å². The van der Waals surface area contributed by atoms with Gasteiger partial charge in [-0.3, -0.25) is 0 Å². The Hall–Kier alpha value is -0.770. The number of rotatable bonds is 0. The molecule has 78 valence electrons. The van der Waals surface area contributed by atoms with E-state index in [-0.39, 0.29) is 24.2 Å². The standard InChI is InChI=1S/C10H13NO2.ClH/c1-6-8-3-2-7(12)4-9(8)10(13)5-11-6;/h2-4,6,10-13H,5H2,1H3;1H. The first-order valence-corrected chi connectivity index (χ1v) is 4.43. The Morgan fingerprint density at radius 1 is 1.36 bits per heavy atom. The third-order valence-electron chi connectivity index (χ3n) is 2.51. The summed E-state index contributed by atoms with van der Waals surface area (Å²) in [5.74, 6) is 0.215. The zero-order valence-corrected chi connectivity index (χ0v) is 8.71. The molecule has 2 rings (SSSR count). The maximum Gasteiger partial charge on any atom is 0.115 e. The summed E-state index contributed by atoms with van der Waals surface area (Å²) < 4.78 is 0. The molecule has 4 heteroatoms. The van der Waals surface area contributed by atoms with Gasteiger partial charge in [0.15, 0.2) is 0 Å². The molecule has 1 aliphatic heterocycles. The van der Waals surface area contributed by atoms with Crippen molar-refractivity contribution in [3.63, 3.8) is 0 Å². The second-order valence-electron chi connectivity index (χ2n) is 3.46. The Labute approximate surface area is 89.2 Å². The maximum atomic E-state index is 9.63. The number of benzene rings is 1. The minimum atomic E-state index is -0.502. The smallest absolute Gasteiger partial charge is 0.115 e. The van der Waals surface area contributed by atoms with Crippen LogP contribution in [-0.2, 0) is 0 Å². The number of phenols is 1. The lowest BCUT2D eigenvalue weighted by molar-refractivity contribution is 0.158. The molecular formula is C10H14ClNO2. The number of nitrogens with one attached hydrogen (secondary N) is 1. The number of aromatic hydroxyl groups is 1. The highest BCUT2D eigenvalue weighted by Crippen LogP contribution is 2.30. The first-order chi connectivity index (χ1) is 6.18. The molecule has 0 amide bonds.